The molecule has 3 N–H and O–H groups in total. The molecule has 1 aliphatic rings. The van der Waals surface area contributed by atoms with Crippen molar-refractivity contribution in [2.45, 2.75) is 12.8 Å². The van der Waals surface area contributed by atoms with Crippen LogP contribution in [0.3, 0.4) is 0 Å². The van der Waals surface area contributed by atoms with Crippen molar-refractivity contribution >= 4 is 29.0 Å². The van der Waals surface area contributed by atoms with Gasteiger partial charge in [-0.25, -0.2) is 9.37 Å². The van der Waals surface area contributed by atoms with E-state index < -0.39 is 5.82 Å². The molecule has 7 nitrogen and oxygen atoms in total. The number of nitrogens with one attached hydrogen (secondary N) is 2. The highest BCUT2D eigenvalue weighted by Crippen LogP contribution is 2.27. The van der Waals surface area contributed by atoms with Crippen LogP contribution in [0.15, 0.2) is 66.9 Å². The topological polar surface area (TPSA) is 94.6 Å². The van der Waals surface area contributed by atoms with Gasteiger partial charge < -0.3 is 20.6 Å². The number of benzene rings is 2. The number of nitrogens with zero attached hydrogens (tertiary/aromatic N) is 2. The molecule has 2 aromatic carbocycles. The van der Waals surface area contributed by atoms with Gasteiger partial charge in [-0.15, -0.1) is 0 Å². The summed E-state index contributed by atoms with van der Waals surface area (Å²) in [7, 11) is 0. The molecule has 3 aromatic rings. The van der Waals surface area contributed by atoms with Gasteiger partial charge in [-0.3, -0.25) is 9.59 Å². The van der Waals surface area contributed by atoms with Crippen LogP contribution in [0.5, 0.6) is 5.75 Å². The molecule has 2 heterocycles. The zero-order valence-corrected chi connectivity index (χ0v) is 17.3. The molecular weight excluding hydrogens is 411 g/mol. The largest absolute Gasteiger partial charge is 0.506 e. The molecule has 8 heteroatoms. The monoisotopic (exact) mass is 434 g/mol. The number of amides is 2. The molecule has 32 heavy (non-hydrogen) atoms. The number of halogens is 1. The first kappa shape index (κ1) is 21.3. The van der Waals surface area contributed by atoms with Gasteiger partial charge in [0.1, 0.15) is 17.4 Å². The van der Waals surface area contributed by atoms with Crippen molar-refractivity contribution in [3.8, 4) is 5.75 Å². The normalized spacial score (nSPS) is 14.1. The van der Waals surface area contributed by atoms with Crippen LogP contribution in [0.25, 0.3) is 0 Å². The van der Waals surface area contributed by atoms with Crippen LogP contribution in [0, 0.1) is 11.7 Å². The Bertz CT molecular complexity index is 1130. The van der Waals surface area contributed by atoms with Crippen LogP contribution < -0.4 is 10.6 Å². The molecule has 0 saturated carbocycles. The third-order valence-electron chi connectivity index (χ3n) is 5.48. The fourth-order valence-corrected chi connectivity index (χ4v) is 3.70. The molecular formula is C24H23FN4O3. The van der Waals surface area contributed by atoms with E-state index in [2.05, 4.69) is 15.6 Å². The Morgan fingerprint density at radius 3 is 2.38 bits per heavy atom. The number of carbonyl (C=O) groups excluding carboxylic acids is 2. The van der Waals surface area contributed by atoms with Crippen LogP contribution in [0.4, 0.5) is 21.6 Å². The SMILES string of the molecule is O=C(Nc1ccccc1O)C1CCN(C(=O)c2cccnc2Nc2ccccc2F)CC1. The number of phenolic OH excluding ortho intramolecular Hbond substituents is 1. The van der Waals surface area contributed by atoms with Crippen molar-refractivity contribution in [3.63, 3.8) is 0 Å². The van der Waals surface area contributed by atoms with Gasteiger partial charge in [-0.1, -0.05) is 24.3 Å². The Hall–Kier alpha value is -3.94. The van der Waals surface area contributed by atoms with E-state index in [-0.39, 0.29) is 35.0 Å². The first-order chi connectivity index (χ1) is 15.5. The van der Waals surface area contributed by atoms with Crippen LogP contribution in [0.2, 0.25) is 0 Å². The lowest BCUT2D eigenvalue weighted by Gasteiger charge is -2.31. The first-order valence-corrected chi connectivity index (χ1v) is 10.4. The molecule has 0 aliphatic carbocycles. The lowest BCUT2D eigenvalue weighted by Crippen LogP contribution is -2.41. The van der Waals surface area contributed by atoms with Gasteiger partial charge in [0.15, 0.2) is 0 Å². The number of anilines is 3. The number of aromatic hydroxyl groups is 1. The smallest absolute Gasteiger partial charge is 0.257 e. The van der Waals surface area contributed by atoms with Gasteiger partial charge in [-0.05, 0) is 49.2 Å². The first-order valence-electron chi connectivity index (χ1n) is 10.4. The van der Waals surface area contributed by atoms with Crippen molar-refractivity contribution in [3.05, 3.63) is 78.2 Å². The lowest BCUT2D eigenvalue weighted by atomic mass is 9.95. The molecule has 0 spiro atoms. The summed E-state index contributed by atoms with van der Waals surface area (Å²) < 4.78 is 14.0. The van der Waals surface area contributed by atoms with Crippen molar-refractivity contribution in [1.29, 1.82) is 0 Å². The average Bonchev–Trinajstić information content (AvgIpc) is 2.82. The lowest BCUT2D eigenvalue weighted by molar-refractivity contribution is -0.121. The summed E-state index contributed by atoms with van der Waals surface area (Å²) in [4.78, 5) is 31.6. The quantitative estimate of drug-likeness (QED) is 0.524. The molecule has 0 radical (unpaired) electrons. The molecule has 2 amide bonds. The maximum Gasteiger partial charge on any atom is 0.257 e. The van der Waals surface area contributed by atoms with Crippen molar-refractivity contribution in [2.75, 3.05) is 23.7 Å². The van der Waals surface area contributed by atoms with Gasteiger partial charge in [0, 0.05) is 25.2 Å². The third-order valence-corrected chi connectivity index (χ3v) is 5.48. The fourth-order valence-electron chi connectivity index (χ4n) is 3.70. The number of para-hydroxylation sites is 3. The van der Waals surface area contributed by atoms with Crippen LogP contribution >= 0.6 is 0 Å². The van der Waals surface area contributed by atoms with Gasteiger partial charge in [0.2, 0.25) is 5.91 Å². The minimum atomic E-state index is -0.437. The Morgan fingerprint density at radius 2 is 1.66 bits per heavy atom. The Labute approximate surface area is 184 Å². The second-order valence-corrected chi connectivity index (χ2v) is 7.58. The second-order valence-electron chi connectivity index (χ2n) is 7.58. The van der Waals surface area contributed by atoms with E-state index in [1.54, 1.807) is 53.4 Å². The maximum absolute atomic E-state index is 14.0. The van der Waals surface area contributed by atoms with E-state index in [1.165, 1.54) is 18.3 Å². The second kappa shape index (κ2) is 9.47. The number of piperidine rings is 1. The Kier molecular flexibility index (Phi) is 6.30. The molecule has 0 bridgehead atoms. The number of pyridine rings is 1. The van der Waals surface area contributed by atoms with Gasteiger partial charge in [0.05, 0.1) is 16.9 Å². The van der Waals surface area contributed by atoms with Crippen LogP contribution in [-0.2, 0) is 4.79 Å². The molecule has 1 fully saturated rings. The van der Waals surface area contributed by atoms with Crippen LogP contribution in [-0.4, -0.2) is 39.9 Å². The third kappa shape index (κ3) is 4.69. The number of carbonyl (C=O) groups is 2. The number of likely N-dealkylation sites (tertiary alicyclic amines) is 1. The van der Waals surface area contributed by atoms with E-state index in [1.807, 2.05) is 0 Å². The van der Waals surface area contributed by atoms with E-state index in [0.717, 1.165) is 0 Å². The zero-order chi connectivity index (χ0) is 22.5. The van der Waals surface area contributed by atoms with E-state index in [9.17, 15) is 19.1 Å². The molecule has 0 atom stereocenters. The minimum Gasteiger partial charge on any atom is -0.506 e. The summed E-state index contributed by atoms with van der Waals surface area (Å²) in [5, 5.41) is 15.5. The van der Waals surface area contributed by atoms with E-state index >= 15 is 0 Å². The molecule has 1 aromatic heterocycles. The number of hydrogen-bond acceptors (Lipinski definition) is 5. The van der Waals surface area contributed by atoms with Gasteiger partial charge >= 0.3 is 0 Å². The number of phenols is 1. The summed E-state index contributed by atoms with van der Waals surface area (Å²) in [5.74, 6) is -0.809. The van der Waals surface area contributed by atoms with E-state index in [4.69, 9.17) is 0 Å². The number of aromatic nitrogens is 1. The highest BCUT2D eigenvalue weighted by atomic mass is 19.1. The molecule has 4 rings (SSSR count). The van der Waals surface area contributed by atoms with Crippen molar-refractivity contribution in [2.24, 2.45) is 5.92 Å². The molecule has 1 aliphatic heterocycles. The van der Waals surface area contributed by atoms with Gasteiger partial charge in [-0.2, -0.15) is 0 Å². The summed E-state index contributed by atoms with van der Waals surface area (Å²) >= 11 is 0. The summed E-state index contributed by atoms with van der Waals surface area (Å²) in [6.45, 7) is 0.817. The predicted molar refractivity (Wildman–Crippen MR) is 119 cm³/mol. The fraction of sp³-hybridized carbons (Fsp3) is 0.208. The highest BCUT2D eigenvalue weighted by Gasteiger charge is 2.29. The van der Waals surface area contributed by atoms with Crippen molar-refractivity contribution < 1.29 is 19.1 Å². The summed E-state index contributed by atoms with van der Waals surface area (Å²) in [6.07, 6.45) is 2.54. The highest BCUT2D eigenvalue weighted by molar-refractivity contribution is 5.99. The van der Waals surface area contributed by atoms with Crippen LogP contribution in [0.1, 0.15) is 23.2 Å². The zero-order valence-electron chi connectivity index (χ0n) is 17.3. The van der Waals surface area contributed by atoms with E-state index in [0.29, 0.717) is 37.2 Å². The molecule has 1 saturated heterocycles. The minimum absolute atomic E-state index is 0.0138. The molecule has 0 unspecified atom stereocenters. The number of hydrogen-bond donors (Lipinski definition) is 3. The maximum atomic E-state index is 14.0. The summed E-state index contributed by atoms with van der Waals surface area (Å²) in [5.41, 5.74) is 0.947. The standard InChI is InChI=1S/C24H23FN4O3/c25-18-7-1-2-8-19(18)27-22-17(6-5-13-26-22)24(32)29-14-11-16(12-15-29)23(31)28-20-9-3-4-10-21(20)30/h1-10,13,16,30H,11-12,14-15H2,(H,26,27)(H,28,31). The summed E-state index contributed by atoms with van der Waals surface area (Å²) in [6, 6.07) is 16.1. The Morgan fingerprint density at radius 1 is 0.969 bits per heavy atom. The number of rotatable bonds is 5. The average molecular weight is 434 g/mol. The Balaban J connectivity index is 1.40. The van der Waals surface area contributed by atoms with Gasteiger partial charge in [0.25, 0.3) is 5.91 Å². The predicted octanol–water partition coefficient (Wildman–Crippen LogP) is 4.16. The molecule has 164 valence electrons. The van der Waals surface area contributed by atoms with Crippen molar-refractivity contribution in [1.82, 2.24) is 9.88 Å².